The number of thiazole rings is 1. The maximum Gasteiger partial charge on any atom is 0.274 e. The Balaban J connectivity index is 1.81. The molecule has 0 aliphatic heterocycles. The summed E-state index contributed by atoms with van der Waals surface area (Å²) in [6, 6.07) is 11.8. The van der Waals surface area contributed by atoms with Gasteiger partial charge in [-0.25, -0.2) is 0 Å². The van der Waals surface area contributed by atoms with Gasteiger partial charge in [0.05, 0.1) is 17.4 Å². The quantitative estimate of drug-likeness (QED) is 0.407. The van der Waals surface area contributed by atoms with Crippen molar-refractivity contribution in [3.8, 4) is 10.9 Å². The molecule has 0 saturated carbocycles. The Bertz CT molecular complexity index is 977. The SMILES string of the molecule is Cc1ccc(SOC[C@H](O)c2ccc(OC(C)(C)C)c3nc(OC(C)C)sc23)cc1. The van der Waals surface area contributed by atoms with Gasteiger partial charge in [0.15, 0.2) is 0 Å². The summed E-state index contributed by atoms with van der Waals surface area (Å²) in [6.07, 6.45) is -0.776. The summed E-state index contributed by atoms with van der Waals surface area (Å²) in [5.41, 5.74) is 2.30. The number of aryl methyl sites for hydroxylation is 1. The van der Waals surface area contributed by atoms with Gasteiger partial charge in [-0.3, -0.25) is 0 Å². The van der Waals surface area contributed by atoms with Crippen LogP contribution in [-0.2, 0) is 4.18 Å². The summed E-state index contributed by atoms with van der Waals surface area (Å²) in [6.45, 7) is 12.1. The monoisotopic (exact) mass is 447 g/mol. The highest BCUT2D eigenvalue weighted by Gasteiger charge is 2.22. The molecule has 162 valence electrons. The highest BCUT2D eigenvalue weighted by atomic mass is 32.2. The largest absolute Gasteiger partial charge is 0.486 e. The highest BCUT2D eigenvalue weighted by Crippen LogP contribution is 2.40. The summed E-state index contributed by atoms with van der Waals surface area (Å²) in [7, 11) is 0. The molecule has 30 heavy (non-hydrogen) atoms. The number of aromatic nitrogens is 1. The molecule has 0 bridgehead atoms. The number of hydrogen-bond donors (Lipinski definition) is 1. The second-order valence-corrected chi connectivity index (χ2v) is 10.2. The molecule has 5 nitrogen and oxygen atoms in total. The Morgan fingerprint density at radius 3 is 2.43 bits per heavy atom. The summed E-state index contributed by atoms with van der Waals surface area (Å²) >= 11 is 2.68. The van der Waals surface area contributed by atoms with Crippen molar-refractivity contribution < 1.29 is 18.8 Å². The normalized spacial score (nSPS) is 13.1. The molecular weight excluding hydrogens is 418 g/mol. The van der Waals surface area contributed by atoms with Gasteiger partial charge in [-0.1, -0.05) is 35.1 Å². The van der Waals surface area contributed by atoms with Gasteiger partial charge in [-0.15, -0.1) is 0 Å². The third-order valence-electron chi connectivity index (χ3n) is 4.03. The Hall–Kier alpha value is -1.80. The first-order valence-corrected chi connectivity index (χ1v) is 11.5. The zero-order valence-corrected chi connectivity index (χ0v) is 19.9. The Labute approximate surface area is 186 Å². The molecule has 0 aliphatic carbocycles. The molecule has 0 aliphatic rings. The molecule has 0 unspecified atom stereocenters. The molecule has 2 aromatic carbocycles. The van der Waals surface area contributed by atoms with Gasteiger partial charge in [-0.05, 0) is 59.7 Å². The number of aliphatic hydroxyl groups is 1. The fourth-order valence-electron chi connectivity index (χ4n) is 2.76. The maximum absolute atomic E-state index is 10.8. The maximum atomic E-state index is 10.8. The first-order chi connectivity index (χ1) is 14.1. The molecule has 0 saturated heterocycles. The van der Waals surface area contributed by atoms with E-state index >= 15 is 0 Å². The summed E-state index contributed by atoms with van der Waals surface area (Å²) < 4.78 is 18.4. The smallest absolute Gasteiger partial charge is 0.274 e. The van der Waals surface area contributed by atoms with Gasteiger partial charge < -0.3 is 18.8 Å². The van der Waals surface area contributed by atoms with Crippen LogP contribution in [0.1, 0.15) is 51.8 Å². The molecule has 1 N–H and O–H groups in total. The van der Waals surface area contributed by atoms with E-state index in [0.717, 1.165) is 15.2 Å². The van der Waals surface area contributed by atoms with E-state index in [2.05, 4.69) is 4.98 Å². The lowest BCUT2D eigenvalue weighted by atomic mass is 10.1. The molecule has 3 rings (SSSR count). The van der Waals surface area contributed by atoms with Crippen LogP contribution in [0.25, 0.3) is 10.2 Å². The van der Waals surface area contributed by atoms with E-state index in [-0.39, 0.29) is 18.3 Å². The van der Waals surface area contributed by atoms with Gasteiger partial charge in [0.1, 0.15) is 23.0 Å². The van der Waals surface area contributed by atoms with Crippen molar-refractivity contribution in [1.82, 2.24) is 4.98 Å². The lowest BCUT2D eigenvalue weighted by molar-refractivity contribution is 0.120. The second kappa shape index (κ2) is 9.56. The number of rotatable bonds is 8. The van der Waals surface area contributed by atoms with Crippen molar-refractivity contribution >= 4 is 33.6 Å². The zero-order chi connectivity index (χ0) is 21.9. The van der Waals surface area contributed by atoms with E-state index in [9.17, 15) is 5.11 Å². The molecule has 3 aromatic rings. The van der Waals surface area contributed by atoms with Crippen LogP contribution in [0.5, 0.6) is 10.9 Å². The van der Waals surface area contributed by atoms with Crippen molar-refractivity contribution in [2.24, 2.45) is 0 Å². The number of aliphatic hydroxyl groups excluding tert-OH is 1. The van der Waals surface area contributed by atoms with E-state index in [1.165, 1.54) is 28.9 Å². The average molecular weight is 448 g/mol. The number of ether oxygens (including phenoxy) is 2. The zero-order valence-electron chi connectivity index (χ0n) is 18.3. The van der Waals surface area contributed by atoms with Crippen molar-refractivity contribution in [1.29, 1.82) is 0 Å². The van der Waals surface area contributed by atoms with E-state index < -0.39 is 6.10 Å². The van der Waals surface area contributed by atoms with Gasteiger partial charge in [-0.2, -0.15) is 4.98 Å². The van der Waals surface area contributed by atoms with Crippen LogP contribution in [-0.4, -0.2) is 28.4 Å². The Kier molecular flexibility index (Phi) is 7.29. The molecule has 1 atom stereocenters. The van der Waals surface area contributed by atoms with Crippen LogP contribution >= 0.6 is 23.4 Å². The third kappa shape index (κ3) is 6.11. The summed E-state index contributed by atoms with van der Waals surface area (Å²) in [5.74, 6) is 0.679. The Morgan fingerprint density at radius 1 is 1.10 bits per heavy atom. The predicted octanol–water partition coefficient (Wildman–Crippen LogP) is 6.33. The van der Waals surface area contributed by atoms with Crippen LogP contribution in [0.3, 0.4) is 0 Å². The Morgan fingerprint density at radius 2 is 1.80 bits per heavy atom. The molecule has 0 amide bonds. The molecular formula is C23H29NO4S2. The topological polar surface area (TPSA) is 60.8 Å². The molecule has 0 spiro atoms. The van der Waals surface area contributed by atoms with Crippen molar-refractivity contribution in [2.45, 2.75) is 64.2 Å². The fourth-order valence-corrected chi connectivity index (χ4v) is 4.46. The van der Waals surface area contributed by atoms with Crippen molar-refractivity contribution in [3.05, 3.63) is 47.5 Å². The lowest BCUT2D eigenvalue weighted by Gasteiger charge is -2.22. The molecule has 1 aromatic heterocycles. The van der Waals surface area contributed by atoms with Crippen LogP contribution < -0.4 is 9.47 Å². The highest BCUT2D eigenvalue weighted by molar-refractivity contribution is 7.94. The number of hydrogen-bond acceptors (Lipinski definition) is 7. The summed E-state index contributed by atoms with van der Waals surface area (Å²) in [5, 5.41) is 11.4. The predicted molar refractivity (Wildman–Crippen MR) is 124 cm³/mol. The fraction of sp³-hybridized carbons (Fsp3) is 0.435. The first-order valence-electron chi connectivity index (χ1n) is 9.95. The standard InChI is InChI=1S/C23H29NO4S2/c1-14(2)27-22-24-20-19(28-23(4,5)6)12-11-17(21(20)29-22)18(25)13-26-30-16-9-7-15(3)8-10-16/h7-12,14,18,25H,13H2,1-6H3/t18-/m0/s1. The molecule has 7 heteroatoms. The van der Waals surface area contributed by atoms with Crippen molar-refractivity contribution in [3.63, 3.8) is 0 Å². The lowest BCUT2D eigenvalue weighted by Crippen LogP contribution is -2.23. The van der Waals surface area contributed by atoms with Crippen LogP contribution in [0.2, 0.25) is 0 Å². The van der Waals surface area contributed by atoms with E-state index in [1.54, 1.807) is 0 Å². The van der Waals surface area contributed by atoms with E-state index in [0.29, 0.717) is 16.5 Å². The van der Waals surface area contributed by atoms with Crippen LogP contribution in [0.15, 0.2) is 41.3 Å². The first kappa shape index (κ1) is 22.9. The average Bonchev–Trinajstić information content (AvgIpc) is 3.05. The summed E-state index contributed by atoms with van der Waals surface area (Å²) in [4.78, 5) is 5.63. The number of benzene rings is 2. The minimum absolute atomic E-state index is 0.0140. The molecule has 0 radical (unpaired) electrons. The second-order valence-electron chi connectivity index (χ2n) is 8.39. The number of nitrogens with zero attached hydrogens (tertiary/aromatic N) is 1. The van der Waals surface area contributed by atoms with E-state index in [4.69, 9.17) is 13.7 Å². The third-order valence-corrected chi connectivity index (χ3v) is 5.74. The minimum atomic E-state index is -0.790. The van der Waals surface area contributed by atoms with Gasteiger partial charge in [0.25, 0.3) is 5.19 Å². The van der Waals surface area contributed by atoms with Gasteiger partial charge in [0, 0.05) is 22.5 Å². The van der Waals surface area contributed by atoms with Crippen molar-refractivity contribution in [2.75, 3.05) is 6.61 Å². The molecule has 0 fully saturated rings. The van der Waals surface area contributed by atoms with Crippen LogP contribution in [0.4, 0.5) is 0 Å². The van der Waals surface area contributed by atoms with E-state index in [1.807, 2.05) is 77.9 Å². The van der Waals surface area contributed by atoms with Gasteiger partial charge in [0.2, 0.25) is 0 Å². The van der Waals surface area contributed by atoms with Crippen LogP contribution in [0, 0.1) is 6.92 Å². The molecule has 1 heterocycles. The number of fused-ring (bicyclic) bond motifs is 1. The minimum Gasteiger partial charge on any atom is -0.486 e. The van der Waals surface area contributed by atoms with Gasteiger partial charge >= 0.3 is 0 Å².